The number of fused-ring (bicyclic) bond motifs is 2. The van der Waals surface area contributed by atoms with Crippen LogP contribution in [0.2, 0.25) is 5.02 Å². The zero-order chi connectivity index (χ0) is 22.1. The lowest BCUT2D eigenvalue weighted by molar-refractivity contribution is -0.225. The van der Waals surface area contributed by atoms with Crippen molar-refractivity contribution in [2.45, 2.75) is 25.0 Å². The fourth-order valence-electron chi connectivity index (χ4n) is 4.47. The molecule has 5 nitrogen and oxygen atoms in total. The van der Waals surface area contributed by atoms with Crippen LogP contribution in [0.25, 0.3) is 22.3 Å². The molecule has 0 radical (unpaired) electrons. The molecule has 32 heavy (non-hydrogen) atoms. The summed E-state index contributed by atoms with van der Waals surface area (Å²) in [5.74, 6) is -2.39. The third-order valence-electron chi connectivity index (χ3n) is 5.93. The van der Waals surface area contributed by atoms with Gasteiger partial charge in [0.05, 0.1) is 19.4 Å². The van der Waals surface area contributed by atoms with E-state index in [9.17, 15) is 9.59 Å². The lowest BCUT2D eigenvalue weighted by Crippen LogP contribution is -2.43. The van der Waals surface area contributed by atoms with Crippen LogP contribution < -0.4 is 5.32 Å². The van der Waals surface area contributed by atoms with Crippen LogP contribution in [0.5, 0.6) is 0 Å². The van der Waals surface area contributed by atoms with Crippen molar-refractivity contribution in [3.8, 4) is 22.3 Å². The molecule has 2 heterocycles. The Balaban J connectivity index is 1.68. The fraction of sp³-hybridized carbons (Fsp3) is 0.231. The molecule has 5 rings (SSSR count). The molecule has 3 aromatic rings. The number of benzene rings is 3. The molecule has 1 spiro atoms. The SMILES string of the molecule is O=C1CCC(=O)OC2(CNCCc3c2ccc(Cl)c3-c2cccc(-c3ccccc3)c2)O1. The second-order valence-corrected chi connectivity index (χ2v) is 8.43. The van der Waals surface area contributed by atoms with Crippen molar-refractivity contribution in [1.82, 2.24) is 5.32 Å². The Kier molecular flexibility index (Phi) is 5.45. The first-order valence-corrected chi connectivity index (χ1v) is 11.1. The quantitative estimate of drug-likeness (QED) is 0.569. The first kappa shape index (κ1) is 20.7. The number of halogens is 1. The standard InChI is InChI=1S/C26H22ClNO4/c27-22-10-9-21-20(13-14-28-16-26(21)31-23(29)11-12-24(30)32-26)25(22)19-8-4-7-18(15-19)17-5-2-1-3-6-17/h1-10,15,28H,11-14,16H2. The molecule has 0 amide bonds. The molecule has 0 bridgehead atoms. The molecule has 1 fully saturated rings. The maximum absolute atomic E-state index is 12.3. The van der Waals surface area contributed by atoms with Gasteiger partial charge in [-0.25, -0.2) is 0 Å². The highest BCUT2D eigenvalue weighted by Crippen LogP contribution is 2.42. The van der Waals surface area contributed by atoms with Gasteiger partial charge in [-0.05, 0) is 53.4 Å². The Morgan fingerprint density at radius 1 is 0.781 bits per heavy atom. The lowest BCUT2D eigenvalue weighted by atomic mass is 9.89. The minimum Gasteiger partial charge on any atom is -0.416 e. The van der Waals surface area contributed by atoms with Gasteiger partial charge < -0.3 is 14.8 Å². The van der Waals surface area contributed by atoms with Crippen LogP contribution in [0, 0.1) is 0 Å². The van der Waals surface area contributed by atoms with E-state index in [4.69, 9.17) is 21.1 Å². The molecule has 1 saturated heterocycles. The van der Waals surface area contributed by atoms with Crippen molar-refractivity contribution in [1.29, 1.82) is 0 Å². The molecule has 0 aromatic heterocycles. The molecule has 2 aliphatic rings. The third-order valence-corrected chi connectivity index (χ3v) is 6.25. The number of nitrogens with one attached hydrogen (secondary N) is 1. The van der Waals surface area contributed by atoms with E-state index >= 15 is 0 Å². The molecular weight excluding hydrogens is 426 g/mol. The van der Waals surface area contributed by atoms with E-state index in [2.05, 4.69) is 29.6 Å². The number of esters is 2. The van der Waals surface area contributed by atoms with E-state index in [-0.39, 0.29) is 19.4 Å². The zero-order valence-electron chi connectivity index (χ0n) is 17.4. The Morgan fingerprint density at radius 2 is 1.47 bits per heavy atom. The number of carbonyl (C=O) groups is 2. The number of carbonyl (C=O) groups excluding carboxylic acids is 2. The van der Waals surface area contributed by atoms with E-state index < -0.39 is 17.7 Å². The predicted molar refractivity (Wildman–Crippen MR) is 122 cm³/mol. The van der Waals surface area contributed by atoms with Gasteiger partial charge in [0.25, 0.3) is 5.79 Å². The van der Waals surface area contributed by atoms with Gasteiger partial charge in [0, 0.05) is 16.1 Å². The summed E-state index contributed by atoms with van der Waals surface area (Å²) in [5, 5.41) is 3.86. The van der Waals surface area contributed by atoms with Gasteiger partial charge in [-0.1, -0.05) is 60.1 Å². The number of rotatable bonds is 2. The van der Waals surface area contributed by atoms with Crippen molar-refractivity contribution in [2.24, 2.45) is 0 Å². The first-order valence-electron chi connectivity index (χ1n) is 10.7. The summed E-state index contributed by atoms with van der Waals surface area (Å²) in [6.07, 6.45) is 0.669. The van der Waals surface area contributed by atoms with Gasteiger partial charge in [0.2, 0.25) is 0 Å². The second-order valence-electron chi connectivity index (χ2n) is 8.02. The Labute approximate surface area is 191 Å². The van der Waals surface area contributed by atoms with Crippen LogP contribution >= 0.6 is 11.6 Å². The van der Waals surface area contributed by atoms with Gasteiger partial charge in [-0.15, -0.1) is 0 Å². The minimum absolute atomic E-state index is 0.00941. The van der Waals surface area contributed by atoms with E-state index in [1.165, 1.54) is 0 Å². The molecule has 0 atom stereocenters. The summed E-state index contributed by atoms with van der Waals surface area (Å²) in [7, 11) is 0. The van der Waals surface area contributed by atoms with Crippen LogP contribution in [0.4, 0.5) is 0 Å². The number of hydrogen-bond donors (Lipinski definition) is 1. The maximum Gasteiger partial charge on any atom is 0.309 e. The smallest absolute Gasteiger partial charge is 0.309 e. The van der Waals surface area contributed by atoms with Crippen molar-refractivity contribution >= 4 is 23.5 Å². The van der Waals surface area contributed by atoms with Gasteiger partial charge in [-0.3, -0.25) is 9.59 Å². The predicted octanol–water partition coefficient (Wildman–Crippen LogP) is 4.85. The van der Waals surface area contributed by atoms with Gasteiger partial charge in [0.1, 0.15) is 0 Å². The van der Waals surface area contributed by atoms with Crippen molar-refractivity contribution < 1.29 is 19.1 Å². The first-order chi connectivity index (χ1) is 15.6. The van der Waals surface area contributed by atoms with E-state index in [0.29, 0.717) is 23.6 Å². The third kappa shape index (κ3) is 3.78. The highest BCUT2D eigenvalue weighted by atomic mass is 35.5. The molecule has 3 aromatic carbocycles. The van der Waals surface area contributed by atoms with Crippen molar-refractivity contribution in [3.63, 3.8) is 0 Å². The second kappa shape index (κ2) is 8.41. The fourth-order valence-corrected chi connectivity index (χ4v) is 4.76. The van der Waals surface area contributed by atoms with Crippen LogP contribution in [-0.2, 0) is 31.3 Å². The van der Waals surface area contributed by atoms with Gasteiger partial charge >= 0.3 is 11.9 Å². The lowest BCUT2D eigenvalue weighted by Gasteiger charge is -2.32. The summed E-state index contributed by atoms with van der Waals surface area (Å²) < 4.78 is 11.5. The maximum atomic E-state index is 12.3. The Morgan fingerprint density at radius 3 is 2.22 bits per heavy atom. The minimum atomic E-state index is -1.49. The molecule has 1 N–H and O–H groups in total. The molecular formula is C26H22ClNO4. The summed E-state index contributed by atoms with van der Waals surface area (Å²) >= 11 is 6.73. The number of ether oxygens (including phenoxy) is 2. The monoisotopic (exact) mass is 447 g/mol. The molecule has 0 aliphatic carbocycles. The average Bonchev–Trinajstić information content (AvgIpc) is 3.07. The van der Waals surface area contributed by atoms with Crippen LogP contribution in [-0.4, -0.2) is 25.0 Å². The molecule has 0 unspecified atom stereocenters. The number of hydrogen-bond acceptors (Lipinski definition) is 5. The zero-order valence-corrected chi connectivity index (χ0v) is 18.2. The largest absolute Gasteiger partial charge is 0.416 e. The topological polar surface area (TPSA) is 64.6 Å². The molecule has 2 aliphatic heterocycles. The highest BCUT2D eigenvalue weighted by Gasteiger charge is 2.46. The van der Waals surface area contributed by atoms with Crippen LogP contribution in [0.15, 0.2) is 66.7 Å². The molecule has 6 heteroatoms. The normalized spacial score (nSPS) is 17.7. The summed E-state index contributed by atoms with van der Waals surface area (Å²) in [5.41, 5.74) is 5.58. The van der Waals surface area contributed by atoms with Crippen LogP contribution in [0.3, 0.4) is 0 Å². The average molecular weight is 448 g/mol. The van der Waals surface area contributed by atoms with E-state index in [1.54, 1.807) is 12.1 Å². The van der Waals surface area contributed by atoms with Crippen LogP contribution in [0.1, 0.15) is 24.0 Å². The van der Waals surface area contributed by atoms with Gasteiger partial charge in [0.15, 0.2) is 0 Å². The van der Waals surface area contributed by atoms with Crippen molar-refractivity contribution in [3.05, 3.63) is 82.9 Å². The summed E-state index contributed by atoms with van der Waals surface area (Å²) in [6, 6.07) is 21.9. The van der Waals surface area contributed by atoms with E-state index in [1.807, 2.05) is 30.3 Å². The highest BCUT2D eigenvalue weighted by molar-refractivity contribution is 6.33. The summed E-state index contributed by atoms with van der Waals surface area (Å²) in [4.78, 5) is 24.7. The Hall–Kier alpha value is -3.15. The Bertz CT molecular complexity index is 1170. The van der Waals surface area contributed by atoms with E-state index in [0.717, 1.165) is 27.8 Å². The summed E-state index contributed by atoms with van der Waals surface area (Å²) in [6.45, 7) is 0.832. The van der Waals surface area contributed by atoms with Crippen molar-refractivity contribution in [2.75, 3.05) is 13.1 Å². The molecule has 162 valence electrons. The van der Waals surface area contributed by atoms with Gasteiger partial charge in [-0.2, -0.15) is 0 Å². The molecule has 0 saturated carbocycles.